The van der Waals surface area contributed by atoms with E-state index in [1.807, 2.05) is 24.3 Å². The smallest absolute Gasteiger partial charge is 0.227 e. The average Bonchev–Trinajstić information content (AvgIpc) is 2.71. The Morgan fingerprint density at radius 2 is 2.06 bits per heavy atom. The molecule has 16 heavy (non-hydrogen) atoms. The van der Waals surface area contributed by atoms with Crippen molar-refractivity contribution in [1.82, 2.24) is 0 Å². The SMILES string of the molecule is O=C1CC(CCl)CN1c1ccc(CO)cc1. The van der Waals surface area contributed by atoms with Crippen LogP contribution in [0.25, 0.3) is 0 Å². The Hall–Kier alpha value is -1.06. The number of benzene rings is 1. The van der Waals surface area contributed by atoms with Gasteiger partial charge in [0.15, 0.2) is 0 Å². The van der Waals surface area contributed by atoms with E-state index in [4.69, 9.17) is 16.7 Å². The van der Waals surface area contributed by atoms with E-state index in [0.717, 1.165) is 11.3 Å². The van der Waals surface area contributed by atoms with Crippen molar-refractivity contribution in [2.75, 3.05) is 17.3 Å². The van der Waals surface area contributed by atoms with Crippen molar-refractivity contribution >= 4 is 23.2 Å². The van der Waals surface area contributed by atoms with Gasteiger partial charge in [-0.1, -0.05) is 12.1 Å². The maximum Gasteiger partial charge on any atom is 0.227 e. The molecule has 3 nitrogen and oxygen atoms in total. The van der Waals surface area contributed by atoms with Crippen LogP contribution < -0.4 is 4.90 Å². The van der Waals surface area contributed by atoms with Gasteiger partial charge in [0, 0.05) is 24.5 Å². The maximum absolute atomic E-state index is 11.7. The number of hydrogen-bond donors (Lipinski definition) is 1. The molecule has 0 aliphatic carbocycles. The first-order valence-electron chi connectivity index (χ1n) is 5.30. The topological polar surface area (TPSA) is 40.5 Å². The van der Waals surface area contributed by atoms with Crippen molar-refractivity contribution in [3.8, 4) is 0 Å². The summed E-state index contributed by atoms with van der Waals surface area (Å²) in [5.41, 5.74) is 1.74. The fourth-order valence-electron chi connectivity index (χ4n) is 1.92. The molecule has 4 heteroatoms. The number of aliphatic hydroxyl groups is 1. The molecule has 1 amide bonds. The Morgan fingerprint density at radius 3 is 2.56 bits per heavy atom. The number of halogens is 1. The van der Waals surface area contributed by atoms with Crippen LogP contribution in [0, 0.1) is 5.92 Å². The Morgan fingerprint density at radius 1 is 1.38 bits per heavy atom. The maximum atomic E-state index is 11.7. The third-order valence-corrected chi connectivity index (χ3v) is 3.29. The zero-order valence-corrected chi connectivity index (χ0v) is 9.65. The van der Waals surface area contributed by atoms with Gasteiger partial charge in [-0.05, 0) is 23.6 Å². The molecular weight excluding hydrogens is 226 g/mol. The van der Waals surface area contributed by atoms with E-state index in [-0.39, 0.29) is 18.4 Å². The van der Waals surface area contributed by atoms with Gasteiger partial charge in [-0.25, -0.2) is 0 Å². The number of hydrogen-bond acceptors (Lipinski definition) is 2. The molecule has 1 aliphatic rings. The number of carbonyl (C=O) groups excluding carboxylic acids is 1. The molecule has 0 saturated carbocycles. The van der Waals surface area contributed by atoms with Crippen molar-refractivity contribution < 1.29 is 9.90 Å². The van der Waals surface area contributed by atoms with Gasteiger partial charge in [-0.15, -0.1) is 11.6 Å². The van der Waals surface area contributed by atoms with E-state index in [1.54, 1.807) is 4.90 Å². The van der Waals surface area contributed by atoms with Crippen molar-refractivity contribution in [2.45, 2.75) is 13.0 Å². The molecular formula is C12H14ClNO2. The van der Waals surface area contributed by atoms with Gasteiger partial charge < -0.3 is 10.0 Å². The first kappa shape index (κ1) is 11.4. The largest absolute Gasteiger partial charge is 0.392 e. The van der Waals surface area contributed by atoms with Crippen molar-refractivity contribution in [2.24, 2.45) is 5.92 Å². The third kappa shape index (κ3) is 2.20. The molecule has 1 fully saturated rings. The molecule has 1 atom stereocenters. The van der Waals surface area contributed by atoms with E-state index >= 15 is 0 Å². The molecule has 2 rings (SSSR count). The van der Waals surface area contributed by atoms with E-state index in [2.05, 4.69) is 0 Å². The number of nitrogens with zero attached hydrogens (tertiary/aromatic N) is 1. The predicted molar refractivity (Wildman–Crippen MR) is 63.5 cm³/mol. The predicted octanol–water partition coefficient (Wildman–Crippen LogP) is 1.77. The van der Waals surface area contributed by atoms with E-state index in [9.17, 15) is 4.79 Å². The molecule has 0 aromatic heterocycles. The monoisotopic (exact) mass is 239 g/mol. The Kier molecular flexibility index (Phi) is 3.46. The number of amides is 1. The van der Waals surface area contributed by atoms with Crippen LogP contribution in [-0.2, 0) is 11.4 Å². The first-order valence-corrected chi connectivity index (χ1v) is 5.84. The molecule has 1 aliphatic heterocycles. The van der Waals surface area contributed by atoms with E-state index < -0.39 is 0 Å². The van der Waals surface area contributed by atoms with Gasteiger partial charge in [0.05, 0.1) is 6.61 Å². The Labute approximate surface area is 99.6 Å². The molecule has 1 saturated heterocycles. The van der Waals surface area contributed by atoms with Crippen LogP contribution in [0.1, 0.15) is 12.0 Å². The summed E-state index contributed by atoms with van der Waals surface area (Å²) in [5, 5.41) is 8.93. The van der Waals surface area contributed by atoms with Gasteiger partial charge in [-0.3, -0.25) is 4.79 Å². The lowest BCUT2D eigenvalue weighted by Crippen LogP contribution is -2.24. The number of alkyl halides is 1. The number of anilines is 1. The standard InChI is InChI=1S/C12H14ClNO2/c13-6-10-5-12(16)14(7-10)11-3-1-9(8-15)2-4-11/h1-4,10,15H,5-8H2. The molecule has 1 N–H and O–H groups in total. The van der Waals surface area contributed by atoms with Crippen LogP contribution in [0.4, 0.5) is 5.69 Å². The van der Waals surface area contributed by atoms with Crippen molar-refractivity contribution in [3.63, 3.8) is 0 Å². The Bertz CT molecular complexity index is 377. The molecule has 1 aromatic carbocycles. The third-order valence-electron chi connectivity index (χ3n) is 2.85. The fourth-order valence-corrected chi connectivity index (χ4v) is 2.12. The van der Waals surface area contributed by atoms with Gasteiger partial charge in [0.1, 0.15) is 0 Å². The average molecular weight is 240 g/mol. The molecule has 86 valence electrons. The van der Waals surface area contributed by atoms with Crippen molar-refractivity contribution in [3.05, 3.63) is 29.8 Å². The quantitative estimate of drug-likeness (QED) is 0.817. The molecule has 0 radical (unpaired) electrons. The van der Waals surface area contributed by atoms with Gasteiger partial charge in [0.2, 0.25) is 5.91 Å². The highest BCUT2D eigenvalue weighted by Crippen LogP contribution is 2.25. The molecule has 1 aromatic rings. The van der Waals surface area contributed by atoms with Crippen LogP contribution in [0.2, 0.25) is 0 Å². The summed E-state index contributed by atoms with van der Waals surface area (Å²) >= 11 is 5.76. The first-order chi connectivity index (χ1) is 7.74. The highest BCUT2D eigenvalue weighted by molar-refractivity contribution is 6.18. The second-order valence-electron chi connectivity index (χ2n) is 4.05. The number of rotatable bonds is 3. The minimum Gasteiger partial charge on any atom is -0.392 e. The highest BCUT2D eigenvalue weighted by atomic mass is 35.5. The summed E-state index contributed by atoms with van der Waals surface area (Å²) < 4.78 is 0. The molecule has 0 bridgehead atoms. The van der Waals surface area contributed by atoms with Gasteiger partial charge in [-0.2, -0.15) is 0 Å². The summed E-state index contributed by atoms with van der Waals surface area (Å²) in [6, 6.07) is 7.38. The van der Waals surface area contributed by atoms with Crippen LogP contribution in [0.3, 0.4) is 0 Å². The normalized spacial score (nSPS) is 20.5. The fraction of sp³-hybridized carbons (Fsp3) is 0.417. The second-order valence-corrected chi connectivity index (χ2v) is 4.36. The summed E-state index contributed by atoms with van der Waals surface area (Å²) in [6.07, 6.45) is 0.533. The highest BCUT2D eigenvalue weighted by Gasteiger charge is 2.29. The summed E-state index contributed by atoms with van der Waals surface area (Å²) in [4.78, 5) is 13.5. The lowest BCUT2D eigenvalue weighted by atomic mass is 10.1. The Balaban J connectivity index is 2.15. The molecule has 1 heterocycles. The van der Waals surface area contributed by atoms with Crippen LogP contribution in [-0.4, -0.2) is 23.4 Å². The van der Waals surface area contributed by atoms with E-state index in [1.165, 1.54) is 0 Å². The summed E-state index contributed by atoms with van der Waals surface area (Å²) in [7, 11) is 0. The zero-order chi connectivity index (χ0) is 11.5. The lowest BCUT2D eigenvalue weighted by molar-refractivity contribution is -0.117. The molecule has 1 unspecified atom stereocenters. The van der Waals surface area contributed by atoms with Gasteiger partial charge >= 0.3 is 0 Å². The summed E-state index contributed by atoms with van der Waals surface area (Å²) in [6.45, 7) is 0.722. The number of aliphatic hydroxyl groups excluding tert-OH is 1. The lowest BCUT2D eigenvalue weighted by Gasteiger charge is -2.16. The second kappa shape index (κ2) is 4.85. The minimum atomic E-state index is 0.0263. The van der Waals surface area contributed by atoms with Crippen LogP contribution in [0.5, 0.6) is 0 Å². The van der Waals surface area contributed by atoms with Gasteiger partial charge in [0.25, 0.3) is 0 Å². The number of carbonyl (C=O) groups is 1. The van der Waals surface area contributed by atoms with Crippen molar-refractivity contribution in [1.29, 1.82) is 0 Å². The summed E-state index contributed by atoms with van der Waals surface area (Å²) in [5.74, 6) is 0.908. The van der Waals surface area contributed by atoms with Crippen LogP contribution in [0.15, 0.2) is 24.3 Å². The molecule has 0 spiro atoms. The minimum absolute atomic E-state index is 0.0263. The van der Waals surface area contributed by atoms with E-state index in [0.29, 0.717) is 18.8 Å². The zero-order valence-electron chi connectivity index (χ0n) is 8.90. The van der Waals surface area contributed by atoms with Crippen LogP contribution >= 0.6 is 11.6 Å².